The third-order valence-electron chi connectivity index (χ3n) is 5.08. The lowest BCUT2D eigenvalue weighted by molar-refractivity contribution is 0.208. The number of rotatable bonds is 4. The minimum Gasteiger partial charge on any atom is -0.392 e. The second-order valence-corrected chi connectivity index (χ2v) is 8.05. The second-order valence-electron chi connectivity index (χ2n) is 7.05. The molecule has 5 rings (SSSR count). The molecule has 136 valence electrons. The van der Waals surface area contributed by atoms with Gasteiger partial charge >= 0.3 is 0 Å². The van der Waals surface area contributed by atoms with Crippen molar-refractivity contribution in [2.24, 2.45) is 0 Å². The average Bonchev–Trinajstić information content (AvgIpc) is 3.30. The SMILES string of the molecule is C[C@@H](O)CNc1ncnc2c1sc1nc(-c3ccccc3)c3c(c12)CCC3. The number of aromatic nitrogens is 3. The van der Waals surface area contributed by atoms with Gasteiger partial charge in [-0.2, -0.15) is 0 Å². The van der Waals surface area contributed by atoms with Crippen LogP contribution in [0, 0.1) is 0 Å². The quantitative estimate of drug-likeness (QED) is 0.559. The van der Waals surface area contributed by atoms with Crippen molar-refractivity contribution in [3.05, 3.63) is 47.8 Å². The van der Waals surface area contributed by atoms with Gasteiger partial charge in [0.2, 0.25) is 0 Å². The summed E-state index contributed by atoms with van der Waals surface area (Å²) in [5.41, 5.74) is 6.02. The maximum atomic E-state index is 9.60. The number of aryl methyl sites for hydroxylation is 1. The zero-order chi connectivity index (χ0) is 18.4. The van der Waals surface area contributed by atoms with E-state index in [1.165, 1.54) is 22.1 Å². The van der Waals surface area contributed by atoms with Crippen LogP contribution in [-0.4, -0.2) is 32.7 Å². The van der Waals surface area contributed by atoms with E-state index in [1.54, 1.807) is 24.6 Å². The predicted molar refractivity (Wildman–Crippen MR) is 110 cm³/mol. The Morgan fingerprint density at radius 1 is 1.15 bits per heavy atom. The van der Waals surface area contributed by atoms with E-state index in [4.69, 9.17) is 4.98 Å². The first kappa shape index (κ1) is 16.6. The Morgan fingerprint density at radius 3 is 2.78 bits per heavy atom. The van der Waals surface area contributed by atoms with Crippen molar-refractivity contribution >= 4 is 37.6 Å². The summed E-state index contributed by atoms with van der Waals surface area (Å²) in [5, 5.41) is 14.0. The van der Waals surface area contributed by atoms with Gasteiger partial charge in [0.25, 0.3) is 0 Å². The summed E-state index contributed by atoms with van der Waals surface area (Å²) >= 11 is 1.63. The third-order valence-corrected chi connectivity index (χ3v) is 6.16. The maximum absolute atomic E-state index is 9.60. The fourth-order valence-electron chi connectivity index (χ4n) is 3.90. The highest BCUT2D eigenvalue weighted by Crippen LogP contribution is 2.43. The number of fused-ring (bicyclic) bond motifs is 5. The monoisotopic (exact) mass is 376 g/mol. The van der Waals surface area contributed by atoms with E-state index in [2.05, 4.69) is 39.6 Å². The molecule has 2 N–H and O–H groups in total. The number of anilines is 1. The molecule has 5 nitrogen and oxygen atoms in total. The number of pyridine rings is 1. The van der Waals surface area contributed by atoms with Crippen LogP contribution in [0.5, 0.6) is 0 Å². The summed E-state index contributed by atoms with van der Waals surface area (Å²) < 4.78 is 1.01. The van der Waals surface area contributed by atoms with Gasteiger partial charge in [-0.05, 0) is 37.3 Å². The fraction of sp³-hybridized carbons (Fsp3) is 0.286. The highest BCUT2D eigenvalue weighted by Gasteiger charge is 2.24. The van der Waals surface area contributed by atoms with E-state index < -0.39 is 6.10 Å². The molecule has 0 radical (unpaired) electrons. The lowest BCUT2D eigenvalue weighted by Crippen LogP contribution is -2.16. The molecule has 1 aromatic carbocycles. The molecule has 1 aliphatic carbocycles. The molecule has 3 heterocycles. The lowest BCUT2D eigenvalue weighted by atomic mass is 10.0. The highest BCUT2D eigenvalue weighted by atomic mass is 32.1. The minimum atomic E-state index is -0.434. The number of thiophene rings is 1. The van der Waals surface area contributed by atoms with Crippen LogP contribution in [-0.2, 0) is 12.8 Å². The van der Waals surface area contributed by atoms with E-state index >= 15 is 0 Å². The number of nitrogens with zero attached hydrogens (tertiary/aromatic N) is 3. The maximum Gasteiger partial charge on any atom is 0.147 e. The number of benzene rings is 1. The molecule has 1 aliphatic rings. The van der Waals surface area contributed by atoms with Crippen LogP contribution in [0.1, 0.15) is 24.5 Å². The van der Waals surface area contributed by atoms with Crippen molar-refractivity contribution < 1.29 is 5.11 Å². The van der Waals surface area contributed by atoms with Gasteiger partial charge in [-0.25, -0.2) is 15.0 Å². The number of nitrogens with one attached hydrogen (secondary N) is 1. The molecule has 3 aromatic heterocycles. The van der Waals surface area contributed by atoms with Gasteiger partial charge in [-0.1, -0.05) is 30.3 Å². The number of hydrogen-bond acceptors (Lipinski definition) is 6. The second kappa shape index (κ2) is 6.55. The van der Waals surface area contributed by atoms with Crippen molar-refractivity contribution in [2.75, 3.05) is 11.9 Å². The number of hydrogen-bond donors (Lipinski definition) is 2. The average molecular weight is 376 g/mol. The first-order chi connectivity index (χ1) is 13.2. The smallest absolute Gasteiger partial charge is 0.147 e. The van der Waals surface area contributed by atoms with Crippen LogP contribution >= 0.6 is 11.3 Å². The molecule has 0 bridgehead atoms. The Bertz CT molecular complexity index is 1140. The molecule has 0 aliphatic heterocycles. The normalized spacial score (nSPS) is 14.6. The fourth-order valence-corrected chi connectivity index (χ4v) is 5.03. The van der Waals surface area contributed by atoms with Gasteiger partial charge in [-0.3, -0.25) is 0 Å². The predicted octanol–water partition coefficient (Wildman–Crippen LogP) is 4.19. The lowest BCUT2D eigenvalue weighted by Gasteiger charge is -2.09. The van der Waals surface area contributed by atoms with Crippen LogP contribution in [0.4, 0.5) is 5.82 Å². The molecule has 0 fully saturated rings. The minimum absolute atomic E-state index is 0.434. The van der Waals surface area contributed by atoms with Crippen LogP contribution in [0.25, 0.3) is 31.7 Å². The summed E-state index contributed by atoms with van der Waals surface area (Å²) in [5.74, 6) is 0.775. The van der Waals surface area contributed by atoms with Gasteiger partial charge in [0.15, 0.2) is 0 Å². The zero-order valence-corrected chi connectivity index (χ0v) is 15.9. The zero-order valence-electron chi connectivity index (χ0n) is 15.1. The highest BCUT2D eigenvalue weighted by molar-refractivity contribution is 7.26. The van der Waals surface area contributed by atoms with E-state index in [0.29, 0.717) is 6.54 Å². The summed E-state index contributed by atoms with van der Waals surface area (Å²) in [6, 6.07) is 10.4. The topological polar surface area (TPSA) is 70.9 Å². The van der Waals surface area contributed by atoms with Gasteiger partial charge in [-0.15, -0.1) is 11.3 Å². The molecular weight excluding hydrogens is 356 g/mol. The molecule has 0 saturated carbocycles. The summed E-state index contributed by atoms with van der Waals surface area (Å²) in [6.45, 7) is 2.22. The molecule has 27 heavy (non-hydrogen) atoms. The summed E-state index contributed by atoms with van der Waals surface area (Å²) in [7, 11) is 0. The van der Waals surface area contributed by atoms with Crippen LogP contribution < -0.4 is 5.32 Å². The summed E-state index contributed by atoms with van der Waals surface area (Å²) in [4.78, 5) is 15.1. The molecule has 0 unspecified atom stereocenters. The Labute approximate surface area is 161 Å². The first-order valence-electron chi connectivity index (χ1n) is 9.28. The van der Waals surface area contributed by atoms with E-state index in [9.17, 15) is 5.11 Å². The Morgan fingerprint density at radius 2 is 1.96 bits per heavy atom. The van der Waals surface area contributed by atoms with Crippen molar-refractivity contribution in [1.82, 2.24) is 15.0 Å². The van der Waals surface area contributed by atoms with Crippen LogP contribution in [0.3, 0.4) is 0 Å². The molecule has 0 amide bonds. The Kier molecular flexibility index (Phi) is 4.02. The van der Waals surface area contributed by atoms with E-state index in [1.807, 2.05) is 6.07 Å². The van der Waals surface area contributed by atoms with Crippen LogP contribution in [0.2, 0.25) is 0 Å². The van der Waals surface area contributed by atoms with Gasteiger partial charge in [0, 0.05) is 17.5 Å². The van der Waals surface area contributed by atoms with Crippen LogP contribution in [0.15, 0.2) is 36.7 Å². The van der Waals surface area contributed by atoms with Gasteiger partial charge in [0.05, 0.1) is 22.0 Å². The summed E-state index contributed by atoms with van der Waals surface area (Å²) in [6.07, 6.45) is 4.46. The van der Waals surface area contributed by atoms with Crippen molar-refractivity contribution in [3.8, 4) is 11.3 Å². The van der Waals surface area contributed by atoms with E-state index in [0.717, 1.165) is 45.8 Å². The largest absolute Gasteiger partial charge is 0.392 e. The Balaban J connectivity index is 1.76. The van der Waals surface area contributed by atoms with Crippen molar-refractivity contribution in [2.45, 2.75) is 32.3 Å². The van der Waals surface area contributed by atoms with E-state index in [-0.39, 0.29) is 0 Å². The number of aliphatic hydroxyl groups excluding tert-OH is 1. The third kappa shape index (κ3) is 2.76. The van der Waals surface area contributed by atoms with Gasteiger partial charge in [0.1, 0.15) is 17.0 Å². The molecular formula is C21H20N4OS. The molecule has 4 aromatic rings. The molecule has 0 spiro atoms. The Hall–Kier alpha value is -2.57. The number of aliphatic hydroxyl groups is 1. The first-order valence-corrected chi connectivity index (χ1v) is 10.1. The molecule has 1 atom stereocenters. The standard InChI is InChI=1S/C21H20N4OS/c1-12(26)10-22-20-19-18(23-11-24-20)16-14-8-5-9-15(14)17(25-21(16)27-19)13-6-3-2-4-7-13/h2-4,6-7,11-12,26H,5,8-10H2,1H3,(H,22,23,24)/t12-/m1/s1. The van der Waals surface area contributed by atoms with Gasteiger partial charge < -0.3 is 10.4 Å². The molecule has 0 saturated heterocycles. The van der Waals surface area contributed by atoms with Crippen molar-refractivity contribution in [3.63, 3.8) is 0 Å². The van der Waals surface area contributed by atoms with Crippen molar-refractivity contribution in [1.29, 1.82) is 0 Å². The molecule has 6 heteroatoms.